The molecule has 0 spiro atoms. The van der Waals surface area contributed by atoms with Gasteiger partial charge in [0.05, 0.1) is 17.6 Å². The lowest BCUT2D eigenvalue weighted by Gasteiger charge is -2.29. The van der Waals surface area contributed by atoms with E-state index in [1.54, 1.807) is 11.3 Å². The molecule has 0 N–H and O–H groups in total. The molecule has 3 aromatic rings. The maximum absolute atomic E-state index is 12.0. The summed E-state index contributed by atoms with van der Waals surface area (Å²) in [7, 11) is -3.23. The molecule has 2 heterocycles. The van der Waals surface area contributed by atoms with E-state index >= 15 is 0 Å². The van der Waals surface area contributed by atoms with Gasteiger partial charge in [0.2, 0.25) is 10.0 Å². The van der Waals surface area contributed by atoms with Crippen molar-refractivity contribution in [1.29, 1.82) is 0 Å². The van der Waals surface area contributed by atoms with Crippen LogP contribution in [0.4, 0.5) is 5.69 Å². The van der Waals surface area contributed by atoms with Crippen molar-refractivity contribution in [3.05, 3.63) is 59.5 Å². The maximum atomic E-state index is 12.0. The third-order valence-electron chi connectivity index (χ3n) is 4.38. The minimum Gasteiger partial charge on any atom is -0.270 e. The number of hydrogen-bond acceptors (Lipinski definition) is 4. The van der Waals surface area contributed by atoms with Gasteiger partial charge in [-0.15, -0.1) is 11.3 Å². The molecule has 0 unspecified atom stereocenters. The average Bonchev–Trinajstić information content (AvgIpc) is 3.11. The standard InChI is InChI=1S/C19H18N2O2S2/c1-25(22,23)21-11-5-8-16-12-15(9-10-18(16)21)17-13-24-19(20-17)14-6-3-2-4-7-14/h2-4,6-7,9-10,12-13H,5,8,11H2,1H3. The Hall–Kier alpha value is -2.18. The molecule has 0 amide bonds. The van der Waals surface area contributed by atoms with E-state index in [4.69, 9.17) is 4.98 Å². The Morgan fingerprint density at radius 2 is 1.88 bits per heavy atom. The van der Waals surface area contributed by atoms with Crippen LogP contribution < -0.4 is 4.31 Å². The topological polar surface area (TPSA) is 50.3 Å². The fraction of sp³-hybridized carbons (Fsp3) is 0.211. The highest BCUT2D eigenvalue weighted by molar-refractivity contribution is 7.92. The molecule has 0 fully saturated rings. The van der Waals surface area contributed by atoms with Gasteiger partial charge < -0.3 is 0 Å². The molecule has 0 aliphatic carbocycles. The molecular formula is C19H18N2O2S2. The van der Waals surface area contributed by atoms with Gasteiger partial charge in [-0.25, -0.2) is 13.4 Å². The van der Waals surface area contributed by atoms with Gasteiger partial charge in [0.25, 0.3) is 0 Å². The summed E-state index contributed by atoms with van der Waals surface area (Å²) in [6.07, 6.45) is 3.00. The van der Waals surface area contributed by atoms with Crippen LogP contribution in [0.25, 0.3) is 21.8 Å². The first kappa shape index (κ1) is 16.3. The number of rotatable bonds is 3. The molecule has 0 atom stereocenters. The molecule has 4 nitrogen and oxygen atoms in total. The Balaban J connectivity index is 1.70. The highest BCUT2D eigenvalue weighted by Crippen LogP contribution is 2.34. The lowest BCUT2D eigenvalue weighted by atomic mass is 10.00. The third-order valence-corrected chi connectivity index (χ3v) is 6.45. The molecular weight excluding hydrogens is 352 g/mol. The van der Waals surface area contributed by atoms with Crippen molar-refractivity contribution in [2.75, 3.05) is 17.1 Å². The molecule has 1 aliphatic rings. The van der Waals surface area contributed by atoms with Crippen molar-refractivity contribution in [3.8, 4) is 21.8 Å². The summed E-state index contributed by atoms with van der Waals surface area (Å²) in [5.74, 6) is 0. The van der Waals surface area contributed by atoms with Crippen LogP contribution in [0.1, 0.15) is 12.0 Å². The molecule has 6 heteroatoms. The van der Waals surface area contributed by atoms with Gasteiger partial charge in [0, 0.05) is 23.1 Å². The smallest absolute Gasteiger partial charge is 0.232 e. The largest absolute Gasteiger partial charge is 0.270 e. The first-order chi connectivity index (χ1) is 12.0. The number of fused-ring (bicyclic) bond motifs is 1. The van der Waals surface area contributed by atoms with Crippen molar-refractivity contribution in [3.63, 3.8) is 0 Å². The second-order valence-electron chi connectivity index (χ2n) is 6.19. The van der Waals surface area contributed by atoms with E-state index in [2.05, 4.69) is 23.6 Å². The van der Waals surface area contributed by atoms with Crippen LogP contribution in [0.3, 0.4) is 0 Å². The van der Waals surface area contributed by atoms with Gasteiger partial charge in [0.1, 0.15) is 5.01 Å². The number of hydrogen-bond donors (Lipinski definition) is 0. The number of nitrogens with zero attached hydrogens (tertiary/aromatic N) is 2. The number of aryl methyl sites for hydroxylation is 1. The summed E-state index contributed by atoms with van der Waals surface area (Å²) in [5, 5.41) is 3.05. The number of anilines is 1. The summed E-state index contributed by atoms with van der Waals surface area (Å²) in [6, 6.07) is 16.1. The molecule has 1 aliphatic heterocycles. The fourth-order valence-electron chi connectivity index (χ4n) is 3.19. The molecule has 128 valence electrons. The molecule has 0 saturated carbocycles. The van der Waals surface area contributed by atoms with E-state index < -0.39 is 10.0 Å². The maximum Gasteiger partial charge on any atom is 0.232 e. The predicted molar refractivity (Wildman–Crippen MR) is 103 cm³/mol. The van der Waals surface area contributed by atoms with E-state index in [9.17, 15) is 8.42 Å². The zero-order valence-corrected chi connectivity index (χ0v) is 15.5. The Kier molecular flexibility index (Phi) is 4.09. The van der Waals surface area contributed by atoms with Gasteiger partial charge in [-0.1, -0.05) is 36.4 Å². The van der Waals surface area contributed by atoms with Crippen LogP contribution in [0, 0.1) is 0 Å². The Labute approximate surface area is 151 Å². The highest BCUT2D eigenvalue weighted by Gasteiger charge is 2.24. The van der Waals surface area contributed by atoms with Crippen LogP contribution in [0.15, 0.2) is 53.9 Å². The van der Waals surface area contributed by atoms with Crippen molar-refractivity contribution in [1.82, 2.24) is 4.98 Å². The monoisotopic (exact) mass is 370 g/mol. The van der Waals surface area contributed by atoms with Crippen LogP contribution in [-0.4, -0.2) is 26.2 Å². The second kappa shape index (κ2) is 6.28. The molecule has 1 aromatic heterocycles. The van der Waals surface area contributed by atoms with Crippen LogP contribution in [-0.2, 0) is 16.4 Å². The van der Waals surface area contributed by atoms with Crippen LogP contribution >= 0.6 is 11.3 Å². The normalized spacial score (nSPS) is 14.4. The van der Waals surface area contributed by atoms with E-state index in [1.165, 1.54) is 10.6 Å². The molecule has 25 heavy (non-hydrogen) atoms. The van der Waals surface area contributed by atoms with Gasteiger partial charge in [-0.3, -0.25) is 4.31 Å². The van der Waals surface area contributed by atoms with Crippen molar-refractivity contribution in [2.24, 2.45) is 0 Å². The average molecular weight is 370 g/mol. The predicted octanol–water partition coefficient (Wildman–Crippen LogP) is 4.19. The minimum absolute atomic E-state index is 0.556. The van der Waals surface area contributed by atoms with Crippen molar-refractivity contribution < 1.29 is 8.42 Å². The third kappa shape index (κ3) is 3.19. The van der Waals surface area contributed by atoms with Gasteiger partial charge in [-0.05, 0) is 30.5 Å². The zero-order chi connectivity index (χ0) is 17.4. The lowest BCUT2D eigenvalue weighted by molar-refractivity contribution is 0.592. The quantitative estimate of drug-likeness (QED) is 0.695. The summed E-state index contributed by atoms with van der Waals surface area (Å²) >= 11 is 1.62. The fourth-order valence-corrected chi connectivity index (χ4v) is 5.02. The second-order valence-corrected chi connectivity index (χ2v) is 8.95. The van der Waals surface area contributed by atoms with E-state index in [0.29, 0.717) is 6.54 Å². The Morgan fingerprint density at radius 1 is 1.08 bits per heavy atom. The SMILES string of the molecule is CS(=O)(=O)N1CCCc2cc(-c3csc(-c4ccccc4)n3)ccc21. The first-order valence-corrected chi connectivity index (χ1v) is 10.9. The number of sulfonamides is 1. The van der Waals surface area contributed by atoms with E-state index in [1.807, 2.05) is 30.3 Å². The first-order valence-electron chi connectivity index (χ1n) is 8.14. The summed E-state index contributed by atoms with van der Waals surface area (Å²) in [4.78, 5) is 4.75. The molecule has 0 bridgehead atoms. The summed E-state index contributed by atoms with van der Waals surface area (Å²) in [5.41, 5.74) is 4.95. The summed E-state index contributed by atoms with van der Waals surface area (Å²) < 4.78 is 25.5. The molecule has 0 radical (unpaired) electrons. The summed E-state index contributed by atoms with van der Waals surface area (Å²) in [6.45, 7) is 0.556. The van der Waals surface area contributed by atoms with Crippen molar-refractivity contribution >= 4 is 27.0 Å². The Morgan fingerprint density at radius 3 is 2.64 bits per heavy atom. The molecule has 2 aromatic carbocycles. The van der Waals surface area contributed by atoms with Crippen LogP contribution in [0.5, 0.6) is 0 Å². The molecule has 0 saturated heterocycles. The zero-order valence-electron chi connectivity index (χ0n) is 13.8. The Bertz CT molecular complexity index is 1010. The molecule has 4 rings (SSSR count). The lowest BCUT2D eigenvalue weighted by Crippen LogP contribution is -2.34. The highest BCUT2D eigenvalue weighted by atomic mass is 32.2. The van der Waals surface area contributed by atoms with E-state index in [0.717, 1.165) is 45.9 Å². The van der Waals surface area contributed by atoms with Gasteiger partial charge >= 0.3 is 0 Å². The van der Waals surface area contributed by atoms with Crippen molar-refractivity contribution in [2.45, 2.75) is 12.8 Å². The number of benzene rings is 2. The minimum atomic E-state index is -3.23. The van der Waals surface area contributed by atoms with Crippen LogP contribution in [0.2, 0.25) is 0 Å². The van der Waals surface area contributed by atoms with Gasteiger partial charge in [0.15, 0.2) is 0 Å². The number of thiazole rings is 1. The van der Waals surface area contributed by atoms with Gasteiger partial charge in [-0.2, -0.15) is 0 Å². The van der Waals surface area contributed by atoms with E-state index in [-0.39, 0.29) is 0 Å². The number of aromatic nitrogens is 1.